The lowest BCUT2D eigenvalue weighted by atomic mass is 10.1. The highest BCUT2D eigenvalue weighted by molar-refractivity contribution is 5.30. The van der Waals surface area contributed by atoms with E-state index in [9.17, 15) is 5.11 Å². The van der Waals surface area contributed by atoms with Crippen LogP contribution in [-0.4, -0.2) is 12.2 Å². The van der Waals surface area contributed by atoms with Crippen LogP contribution in [0.5, 0.6) is 5.75 Å². The summed E-state index contributed by atoms with van der Waals surface area (Å²) >= 11 is 0. The van der Waals surface area contributed by atoms with Crippen LogP contribution in [0.3, 0.4) is 0 Å². The molecule has 68 valence electrons. The molecule has 0 aliphatic rings. The highest BCUT2D eigenvalue weighted by atomic mass is 16.5. The van der Waals surface area contributed by atoms with Gasteiger partial charge < -0.3 is 9.84 Å². The summed E-state index contributed by atoms with van der Waals surface area (Å²) in [5, 5.41) is 17.8. The minimum atomic E-state index is -0.722. The van der Waals surface area contributed by atoms with Crippen molar-refractivity contribution in [1.82, 2.24) is 0 Å². The molecular formula is C10H11NO2. The van der Waals surface area contributed by atoms with E-state index < -0.39 is 6.10 Å². The third-order valence-corrected chi connectivity index (χ3v) is 1.76. The molecule has 0 aromatic heterocycles. The maximum Gasteiger partial charge on any atom is 0.119 e. The molecule has 0 saturated heterocycles. The molecule has 0 amide bonds. The van der Waals surface area contributed by atoms with Gasteiger partial charge in [0.2, 0.25) is 0 Å². The minimum absolute atomic E-state index is 0.104. The van der Waals surface area contributed by atoms with Crippen LogP contribution in [-0.2, 0) is 0 Å². The molecule has 0 spiro atoms. The Labute approximate surface area is 77.2 Å². The smallest absolute Gasteiger partial charge is 0.119 e. The standard InChI is InChI=1S/C10H11NO2/c1-13-9-4-2-3-8(7-9)10(12)5-6-11/h2-4,7,10,12H,5H2,1H3/t10-/m0/s1. The predicted molar refractivity (Wildman–Crippen MR) is 48.2 cm³/mol. The second-order valence-corrected chi connectivity index (χ2v) is 2.65. The number of methoxy groups -OCH3 is 1. The summed E-state index contributed by atoms with van der Waals surface area (Å²) in [6, 6.07) is 8.99. The number of aliphatic hydroxyl groups excluding tert-OH is 1. The Kier molecular flexibility index (Phi) is 3.30. The van der Waals surface area contributed by atoms with Gasteiger partial charge in [0, 0.05) is 0 Å². The first-order valence-electron chi connectivity index (χ1n) is 3.97. The quantitative estimate of drug-likeness (QED) is 0.763. The fourth-order valence-electron chi connectivity index (χ4n) is 1.05. The highest BCUT2D eigenvalue weighted by Gasteiger charge is 2.06. The molecule has 0 saturated carbocycles. The Morgan fingerprint density at radius 3 is 3.00 bits per heavy atom. The first-order chi connectivity index (χ1) is 6.27. The van der Waals surface area contributed by atoms with Crippen LogP contribution < -0.4 is 4.74 Å². The van der Waals surface area contributed by atoms with Crippen molar-refractivity contribution < 1.29 is 9.84 Å². The van der Waals surface area contributed by atoms with Gasteiger partial charge in [-0.05, 0) is 17.7 Å². The lowest BCUT2D eigenvalue weighted by Crippen LogP contribution is -1.96. The minimum Gasteiger partial charge on any atom is -0.497 e. The normalized spacial score (nSPS) is 11.8. The summed E-state index contributed by atoms with van der Waals surface area (Å²) in [4.78, 5) is 0. The lowest BCUT2D eigenvalue weighted by Gasteiger charge is -2.07. The summed E-state index contributed by atoms with van der Waals surface area (Å²) in [7, 11) is 1.57. The summed E-state index contributed by atoms with van der Waals surface area (Å²) in [5.74, 6) is 0.689. The topological polar surface area (TPSA) is 53.2 Å². The number of aliphatic hydroxyl groups is 1. The number of nitriles is 1. The molecule has 0 radical (unpaired) electrons. The summed E-state index contributed by atoms with van der Waals surface area (Å²) in [6.45, 7) is 0. The maximum atomic E-state index is 9.46. The molecular weight excluding hydrogens is 166 g/mol. The third-order valence-electron chi connectivity index (χ3n) is 1.76. The van der Waals surface area contributed by atoms with E-state index in [1.165, 1.54) is 0 Å². The SMILES string of the molecule is COc1cccc([C@@H](O)CC#N)c1. The largest absolute Gasteiger partial charge is 0.497 e. The van der Waals surface area contributed by atoms with Crippen molar-refractivity contribution in [1.29, 1.82) is 5.26 Å². The van der Waals surface area contributed by atoms with Crippen LogP contribution in [0, 0.1) is 11.3 Å². The molecule has 3 nitrogen and oxygen atoms in total. The average molecular weight is 177 g/mol. The first-order valence-corrected chi connectivity index (χ1v) is 3.97. The van der Waals surface area contributed by atoms with Crippen LogP contribution in [0.2, 0.25) is 0 Å². The molecule has 1 atom stereocenters. The van der Waals surface area contributed by atoms with E-state index in [4.69, 9.17) is 10.00 Å². The molecule has 0 fully saturated rings. The predicted octanol–water partition coefficient (Wildman–Crippen LogP) is 1.64. The maximum absolute atomic E-state index is 9.46. The van der Waals surface area contributed by atoms with Gasteiger partial charge in [0.05, 0.1) is 25.7 Å². The van der Waals surface area contributed by atoms with Crippen molar-refractivity contribution in [3.8, 4) is 11.8 Å². The van der Waals surface area contributed by atoms with E-state index in [1.54, 1.807) is 31.4 Å². The molecule has 3 heteroatoms. The number of hydrogen-bond donors (Lipinski definition) is 1. The van der Waals surface area contributed by atoms with E-state index in [2.05, 4.69) is 0 Å². The van der Waals surface area contributed by atoms with Gasteiger partial charge in [-0.25, -0.2) is 0 Å². The molecule has 0 aliphatic heterocycles. The van der Waals surface area contributed by atoms with Crippen LogP contribution in [0.1, 0.15) is 18.1 Å². The molecule has 0 aliphatic carbocycles. The van der Waals surface area contributed by atoms with Gasteiger partial charge in [-0.2, -0.15) is 5.26 Å². The van der Waals surface area contributed by atoms with Gasteiger partial charge in [0.25, 0.3) is 0 Å². The van der Waals surface area contributed by atoms with E-state index in [0.717, 1.165) is 0 Å². The second-order valence-electron chi connectivity index (χ2n) is 2.65. The number of rotatable bonds is 3. The second kappa shape index (κ2) is 4.48. The zero-order valence-electron chi connectivity index (χ0n) is 7.40. The van der Waals surface area contributed by atoms with Crippen molar-refractivity contribution in [2.24, 2.45) is 0 Å². The molecule has 0 unspecified atom stereocenters. The molecule has 1 N–H and O–H groups in total. The Balaban J connectivity index is 2.83. The van der Waals surface area contributed by atoms with Crippen molar-refractivity contribution in [2.45, 2.75) is 12.5 Å². The Morgan fingerprint density at radius 1 is 1.62 bits per heavy atom. The first kappa shape index (κ1) is 9.56. The molecule has 1 aromatic rings. The molecule has 1 aromatic carbocycles. The van der Waals surface area contributed by atoms with Crippen LogP contribution in [0.15, 0.2) is 24.3 Å². The number of nitrogens with zero attached hydrogens (tertiary/aromatic N) is 1. The summed E-state index contributed by atoms with van der Waals surface area (Å²) in [6.07, 6.45) is -0.618. The van der Waals surface area contributed by atoms with Crippen molar-refractivity contribution >= 4 is 0 Å². The Hall–Kier alpha value is -1.53. The Morgan fingerprint density at radius 2 is 2.38 bits per heavy atom. The zero-order valence-corrected chi connectivity index (χ0v) is 7.40. The van der Waals surface area contributed by atoms with E-state index in [0.29, 0.717) is 11.3 Å². The number of ether oxygens (including phenoxy) is 1. The van der Waals surface area contributed by atoms with Gasteiger partial charge >= 0.3 is 0 Å². The number of hydrogen-bond acceptors (Lipinski definition) is 3. The van der Waals surface area contributed by atoms with Crippen molar-refractivity contribution in [3.05, 3.63) is 29.8 Å². The van der Waals surface area contributed by atoms with Crippen molar-refractivity contribution in [3.63, 3.8) is 0 Å². The molecule has 1 rings (SSSR count). The van der Waals surface area contributed by atoms with Crippen molar-refractivity contribution in [2.75, 3.05) is 7.11 Å². The monoisotopic (exact) mass is 177 g/mol. The third kappa shape index (κ3) is 2.46. The average Bonchev–Trinajstić information content (AvgIpc) is 2.18. The van der Waals surface area contributed by atoms with Gasteiger partial charge in [-0.1, -0.05) is 12.1 Å². The number of benzene rings is 1. The van der Waals surface area contributed by atoms with Crippen LogP contribution >= 0.6 is 0 Å². The van der Waals surface area contributed by atoms with Gasteiger partial charge in [0.1, 0.15) is 5.75 Å². The summed E-state index contributed by atoms with van der Waals surface area (Å²) < 4.78 is 4.99. The van der Waals surface area contributed by atoms with E-state index >= 15 is 0 Å². The van der Waals surface area contributed by atoms with E-state index in [1.807, 2.05) is 6.07 Å². The van der Waals surface area contributed by atoms with Crippen LogP contribution in [0.4, 0.5) is 0 Å². The van der Waals surface area contributed by atoms with Gasteiger partial charge in [-0.15, -0.1) is 0 Å². The van der Waals surface area contributed by atoms with Gasteiger partial charge in [0.15, 0.2) is 0 Å². The molecule has 0 heterocycles. The van der Waals surface area contributed by atoms with E-state index in [-0.39, 0.29) is 6.42 Å². The Bertz CT molecular complexity index is 317. The van der Waals surface area contributed by atoms with Crippen LogP contribution in [0.25, 0.3) is 0 Å². The van der Waals surface area contributed by atoms with Gasteiger partial charge in [-0.3, -0.25) is 0 Å². The zero-order chi connectivity index (χ0) is 9.68. The fourth-order valence-corrected chi connectivity index (χ4v) is 1.05. The summed E-state index contributed by atoms with van der Waals surface area (Å²) in [5.41, 5.74) is 0.709. The lowest BCUT2D eigenvalue weighted by molar-refractivity contribution is 0.183. The molecule has 13 heavy (non-hydrogen) atoms. The molecule has 0 bridgehead atoms. The fraction of sp³-hybridized carbons (Fsp3) is 0.300. The highest BCUT2D eigenvalue weighted by Crippen LogP contribution is 2.20.